The number of amides is 2. The summed E-state index contributed by atoms with van der Waals surface area (Å²) in [5.74, 6) is -2.29. The molecule has 0 fully saturated rings. The maximum absolute atomic E-state index is 12.4. The second-order valence-corrected chi connectivity index (χ2v) is 7.59. The second-order valence-electron chi connectivity index (χ2n) is 6.57. The number of carbonyl (C=O) groups is 4. The van der Waals surface area contributed by atoms with Gasteiger partial charge in [-0.2, -0.15) is 5.10 Å². The molecule has 0 radical (unpaired) electrons. The van der Waals surface area contributed by atoms with Crippen molar-refractivity contribution < 1.29 is 28.7 Å². The number of rotatable bonds is 7. The fraction of sp³-hybridized carbons (Fsp3) is 0.421. The zero-order valence-electron chi connectivity index (χ0n) is 17.7. The highest BCUT2D eigenvalue weighted by Crippen LogP contribution is 2.34. The van der Waals surface area contributed by atoms with E-state index in [9.17, 15) is 19.2 Å². The molecule has 11 heteroatoms. The first-order valence-corrected chi connectivity index (χ1v) is 9.87. The summed E-state index contributed by atoms with van der Waals surface area (Å²) in [6.45, 7) is 4.54. The zero-order chi connectivity index (χ0) is 22.6. The highest BCUT2D eigenvalue weighted by Gasteiger charge is 2.27. The number of esters is 2. The summed E-state index contributed by atoms with van der Waals surface area (Å²) < 4.78 is 11.6. The molecule has 0 saturated carbocycles. The van der Waals surface area contributed by atoms with Crippen LogP contribution in [0, 0.1) is 13.8 Å². The molecule has 0 aliphatic carbocycles. The van der Waals surface area contributed by atoms with Crippen LogP contribution < -0.4 is 5.32 Å². The van der Waals surface area contributed by atoms with Crippen LogP contribution >= 0.6 is 11.3 Å². The molecule has 162 valence electrons. The van der Waals surface area contributed by atoms with Crippen LogP contribution in [0.2, 0.25) is 0 Å². The molecule has 0 aliphatic heterocycles. The summed E-state index contributed by atoms with van der Waals surface area (Å²) in [7, 11) is 4.86. The van der Waals surface area contributed by atoms with E-state index in [1.54, 1.807) is 41.9 Å². The van der Waals surface area contributed by atoms with Gasteiger partial charge in [0.1, 0.15) is 10.6 Å². The average molecular weight is 436 g/mol. The van der Waals surface area contributed by atoms with Gasteiger partial charge in [-0.25, -0.2) is 9.59 Å². The normalized spacial score (nSPS) is 10.5. The molecule has 2 amide bonds. The summed E-state index contributed by atoms with van der Waals surface area (Å²) in [5.41, 5.74) is 1.37. The molecular weight excluding hydrogens is 412 g/mol. The predicted molar refractivity (Wildman–Crippen MR) is 110 cm³/mol. The molecule has 2 rings (SSSR count). The molecule has 0 aliphatic rings. The van der Waals surface area contributed by atoms with Gasteiger partial charge in [-0.15, -0.1) is 11.3 Å². The van der Waals surface area contributed by atoms with Gasteiger partial charge in [-0.3, -0.25) is 14.3 Å². The SMILES string of the molecule is CCOC(=O)c1c(NC(=O)COC(=O)c2cnn(C)c2C)sc(C(=O)N(C)C)c1C. The van der Waals surface area contributed by atoms with Crippen LogP contribution in [0.3, 0.4) is 0 Å². The van der Waals surface area contributed by atoms with Gasteiger partial charge in [0.15, 0.2) is 6.61 Å². The molecule has 2 aromatic heterocycles. The van der Waals surface area contributed by atoms with Crippen molar-refractivity contribution in [3.63, 3.8) is 0 Å². The van der Waals surface area contributed by atoms with E-state index in [0.29, 0.717) is 16.1 Å². The number of nitrogens with one attached hydrogen (secondary N) is 1. The van der Waals surface area contributed by atoms with Gasteiger partial charge in [-0.05, 0) is 26.3 Å². The van der Waals surface area contributed by atoms with Gasteiger partial charge >= 0.3 is 11.9 Å². The van der Waals surface area contributed by atoms with Gasteiger partial charge in [-0.1, -0.05) is 0 Å². The number of hydrogen-bond donors (Lipinski definition) is 1. The molecule has 0 atom stereocenters. The van der Waals surface area contributed by atoms with Gasteiger partial charge < -0.3 is 19.7 Å². The number of aryl methyl sites for hydroxylation is 1. The van der Waals surface area contributed by atoms with E-state index in [1.165, 1.54) is 15.8 Å². The van der Waals surface area contributed by atoms with E-state index < -0.39 is 24.5 Å². The number of hydrogen-bond acceptors (Lipinski definition) is 8. The monoisotopic (exact) mass is 436 g/mol. The van der Waals surface area contributed by atoms with E-state index in [1.807, 2.05) is 0 Å². The van der Waals surface area contributed by atoms with E-state index in [4.69, 9.17) is 9.47 Å². The molecule has 30 heavy (non-hydrogen) atoms. The molecule has 0 spiro atoms. The van der Waals surface area contributed by atoms with Crippen molar-refractivity contribution in [2.75, 3.05) is 32.6 Å². The van der Waals surface area contributed by atoms with Crippen LogP contribution in [0.15, 0.2) is 6.20 Å². The number of anilines is 1. The number of thiophene rings is 1. The van der Waals surface area contributed by atoms with Crippen LogP contribution in [-0.4, -0.2) is 65.7 Å². The Morgan fingerprint density at radius 3 is 2.37 bits per heavy atom. The third-order valence-electron chi connectivity index (χ3n) is 4.27. The number of ether oxygens (including phenoxy) is 2. The Kier molecular flexibility index (Phi) is 7.33. The molecule has 0 saturated heterocycles. The quantitative estimate of drug-likeness (QED) is 0.657. The van der Waals surface area contributed by atoms with Crippen molar-refractivity contribution in [1.82, 2.24) is 14.7 Å². The first-order chi connectivity index (χ1) is 14.1. The van der Waals surface area contributed by atoms with E-state index >= 15 is 0 Å². The molecule has 10 nitrogen and oxygen atoms in total. The lowest BCUT2D eigenvalue weighted by Gasteiger charge is -2.09. The minimum absolute atomic E-state index is 0.106. The first kappa shape index (κ1) is 23.1. The molecular formula is C19H24N4O6S. The summed E-state index contributed by atoms with van der Waals surface area (Å²) in [6, 6.07) is 0. The van der Waals surface area contributed by atoms with Crippen molar-refractivity contribution in [3.8, 4) is 0 Å². The Bertz CT molecular complexity index is 992. The van der Waals surface area contributed by atoms with Crippen LogP contribution in [0.4, 0.5) is 5.00 Å². The van der Waals surface area contributed by atoms with Gasteiger partial charge in [0, 0.05) is 26.8 Å². The van der Waals surface area contributed by atoms with Crippen molar-refractivity contribution in [1.29, 1.82) is 0 Å². The Labute approximate surface area is 177 Å². The largest absolute Gasteiger partial charge is 0.462 e. The predicted octanol–water partition coefficient (Wildman–Crippen LogP) is 1.77. The third kappa shape index (κ3) is 4.85. The van der Waals surface area contributed by atoms with Crippen LogP contribution in [0.25, 0.3) is 0 Å². The highest BCUT2D eigenvalue weighted by atomic mass is 32.1. The van der Waals surface area contributed by atoms with Gasteiger partial charge in [0.05, 0.1) is 23.2 Å². The molecule has 0 bridgehead atoms. The summed E-state index contributed by atoms with van der Waals surface area (Å²) in [6.07, 6.45) is 1.36. The first-order valence-electron chi connectivity index (χ1n) is 9.06. The van der Waals surface area contributed by atoms with E-state index in [2.05, 4.69) is 10.4 Å². The fourth-order valence-corrected chi connectivity index (χ4v) is 3.76. The minimum Gasteiger partial charge on any atom is -0.462 e. The summed E-state index contributed by atoms with van der Waals surface area (Å²) in [4.78, 5) is 50.9. The number of aromatic nitrogens is 2. The lowest BCUT2D eigenvalue weighted by Crippen LogP contribution is -2.22. The Morgan fingerprint density at radius 2 is 1.83 bits per heavy atom. The van der Waals surface area contributed by atoms with Gasteiger partial charge in [0.2, 0.25) is 0 Å². The second kappa shape index (κ2) is 9.53. The Hall–Kier alpha value is -3.21. The molecule has 2 aromatic rings. The van der Waals surface area contributed by atoms with Crippen molar-refractivity contribution >= 4 is 40.1 Å². The molecule has 1 N–H and O–H groups in total. The van der Waals surface area contributed by atoms with E-state index in [-0.39, 0.29) is 28.6 Å². The minimum atomic E-state index is -0.688. The standard InChI is InChI=1S/C19H24N4O6S/c1-7-28-19(27)14-10(2)15(17(25)22(4)5)30-16(14)21-13(24)9-29-18(26)12-8-20-23(6)11(12)3/h8H,7,9H2,1-6H3,(H,21,24). The zero-order valence-corrected chi connectivity index (χ0v) is 18.5. The third-order valence-corrected chi connectivity index (χ3v) is 5.46. The topological polar surface area (TPSA) is 120 Å². The maximum Gasteiger partial charge on any atom is 0.342 e. The van der Waals surface area contributed by atoms with Gasteiger partial charge in [0.25, 0.3) is 11.8 Å². The molecule has 0 unspecified atom stereocenters. The molecule has 2 heterocycles. The average Bonchev–Trinajstić information content (AvgIpc) is 3.18. The van der Waals surface area contributed by atoms with Crippen LogP contribution in [-0.2, 0) is 21.3 Å². The van der Waals surface area contributed by atoms with Crippen molar-refractivity contribution in [3.05, 3.63) is 33.5 Å². The Morgan fingerprint density at radius 1 is 1.17 bits per heavy atom. The molecule has 0 aromatic carbocycles. The van der Waals surface area contributed by atoms with Crippen LogP contribution in [0.5, 0.6) is 0 Å². The van der Waals surface area contributed by atoms with E-state index in [0.717, 1.165) is 11.3 Å². The van der Waals surface area contributed by atoms with Crippen molar-refractivity contribution in [2.45, 2.75) is 20.8 Å². The number of carbonyl (C=O) groups excluding carboxylic acids is 4. The smallest absolute Gasteiger partial charge is 0.342 e. The maximum atomic E-state index is 12.4. The van der Waals surface area contributed by atoms with Crippen LogP contribution in [0.1, 0.15) is 48.6 Å². The lowest BCUT2D eigenvalue weighted by atomic mass is 10.1. The number of nitrogens with zero attached hydrogens (tertiary/aromatic N) is 3. The lowest BCUT2D eigenvalue weighted by molar-refractivity contribution is -0.119. The highest BCUT2D eigenvalue weighted by molar-refractivity contribution is 7.18. The summed E-state index contributed by atoms with van der Waals surface area (Å²) in [5, 5.41) is 6.66. The Balaban J connectivity index is 2.19. The fourth-order valence-electron chi connectivity index (χ4n) is 2.53. The van der Waals surface area contributed by atoms with Crippen molar-refractivity contribution in [2.24, 2.45) is 7.05 Å². The summed E-state index contributed by atoms with van der Waals surface area (Å²) >= 11 is 0.964.